The van der Waals surface area contributed by atoms with Crippen LogP contribution in [0.25, 0.3) is 48.9 Å². The number of rotatable bonds is 0. The van der Waals surface area contributed by atoms with Gasteiger partial charge in [0.15, 0.2) is 0 Å². The van der Waals surface area contributed by atoms with Crippen molar-refractivity contribution in [2.45, 2.75) is 0 Å². The van der Waals surface area contributed by atoms with E-state index < -0.39 is 0 Å². The van der Waals surface area contributed by atoms with Crippen LogP contribution in [0.1, 0.15) is 0 Å². The van der Waals surface area contributed by atoms with Crippen LogP contribution in [-0.4, -0.2) is 4.40 Å². The summed E-state index contributed by atoms with van der Waals surface area (Å²) in [4.78, 5) is 0. The Bertz CT molecular complexity index is 1450. The molecule has 0 spiro atoms. The molecular formula is C22H11Br2N. The molecule has 0 radical (unpaired) electrons. The van der Waals surface area contributed by atoms with E-state index in [0.29, 0.717) is 0 Å². The van der Waals surface area contributed by atoms with Gasteiger partial charge >= 0.3 is 0 Å². The summed E-state index contributed by atoms with van der Waals surface area (Å²) in [6, 6.07) is 24.0. The maximum atomic E-state index is 3.81. The van der Waals surface area contributed by atoms with Gasteiger partial charge < -0.3 is 4.40 Å². The highest BCUT2D eigenvalue weighted by Gasteiger charge is 2.19. The first-order valence-corrected chi connectivity index (χ1v) is 9.78. The lowest BCUT2D eigenvalue weighted by molar-refractivity contribution is 1.34. The van der Waals surface area contributed by atoms with Crippen molar-refractivity contribution in [1.82, 2.24) is 4.40 Å². The number of hydrogen-bond donors (Lipinski definition) is 0. The van der Waals surface area contributed by atoms with E-state index in [1.165, 1.54) is 48.9 Å². The molecular weight excluding hydrogens is 438 g/mol. The predicted molar refractivity (Wildman–Crippen MR) is 114 cm³/mol. The minimum absolute atomic E-state index is 1.12. The molecule has 0 fully saturated rings. The molecule has 0 unspecified atom stereocenters. The topological polar surface area (TPSA) is 4.41 Å². The van der Waals surface area contributed by atoms with Gasteiger partial charge in [-0.1, -0.05) is 64.5 Å². The number of fused-ring (bicyclic) bond motifs is 5. The molecule has 0 amide bonds. The van der Waals surface area contributed by atoms with Crippen molar-refractivity contribution in [1.29, 1.82) is 0 Å². The third kappa shape index (κ3) is 1.63. The Hall–Kier alpha value is -2.10. The predicted octanol–water partition coefficient (Wildman–Crippen LogP) is 7.51. The van der Waals surface area contributed by atoms with E-state index in [9.17, 15) is 0 Å². The van der Waals surface area contributed by atoms with Gasteiger partial charge in [0, 0.05) is 30.5 Å². The van der Waals surface area contributed by atoms with Crippen LogP contribution >= 0.6 is 31.9 Å². The molecule has 25 heavy (non-hydrogen) atoms. The van der Waals surface area contributed by atoms with E-state index in [1.807, 2.05) is 0 Å². The SMILES string of the molecule is Brc1ccc2c3cccc(Br)c3n3c4cccc5cccc(c1c23)c54. The van der Waals surface area contributed by atoms with Gasteiger partial charge in [0.1, 0.15) is 0 Å². The molecule has 0 bridgehead atoms. The van der Waals surface area contributed by atoms with Gasteiger partial charge in [0.2, 0.25) is 0 Å². The van der Waals surface area contributed by atoms with Gasteiger partial charge in [-0.2, -0.15) is 0 Å². The molecule has 4 aromatic carbocycles. The fraction of sp³-hybridized carbons (Fsp3) is 0. The average molecular weight is 449 g/mol. The van der Waals surface area contributed by atoms with Gasteiger partial charge in [0.25, 0.3) is 0 Å². The van der Waals surface area contributed by atoms with Crippen LogP contribution in [0, 0.1) is 0 Å². The van der Waals surface area contributed by atoms with Crippen molar-refractivity contribution in [3.63, 3.8) is 0 Å². The lowest BCUT2D eigenvalue weighted by Crippen LogP contribution is -1.93. The smallest absolute Gasteiger partial charge is 0.0683 e. The van der Waals surface area contributed by atoms with Gasteiger partial charge in [-0.15, -0.1) is 0 Å². The van der Waals surface area contributed by atoms with E-state index in [2.05, 4.69) is 103 Å². The highest BCUT2D eigenvalue weighted by molar-refractivity contribution is 9.11. The Labute approximate surface area is 160 Å². The van der Waals surface area contributed by atoms with Crippen molar-refractivity contribution in [3.05, 3.63) is 75.7 Å². The standard InChI is InChI=1S/C22H11Br2N/c23-16-11-10-14-13-6-3-8-17(24)21(13)25-18-9-2-5-12-4-1-7-15(19(12)18)20(16)22(14)25/h1-11H. The second kappa shape index (κ2) is 4.75. The summed E-state index contributed by atoms with van der Waals surface area (Å²) in [6.07, 6.45) is 0. The second-order valence-electron chi connectivity index (χ2n) is 6.47. The van der Waals surface area contributed by atoms with Crippen LogP contribution in [0.2, 0.25) is 0 Å². The van der Waals surface area contributed by atoms with E-state index >= 15 is 0 Å². The van der Waals surface area contributed by atoms with Crippen LogP contribution in [0.3, 0.4) is 0 Å². The first kappa shape index (κ1) is 14.1. The summed E-state index contributed by atoms with van der Waals surface area (Å²) in [5, 5.41) is 7.75. The largest absolute Gasteiger partial charge is 0.307 e. The van der Waals surface area contributed by atoms with Crippen molar-refractivity contribution in [2.75, 3.05) is 0 Å². The number of pyridine rings is 1. The quantitative estimate of drug-likeness (QED) is 0.167. The van der Waals surface area contributed by atoms with E-state index in [4.69, 9.17) is 0 Å². The summed E-state index contributed by atoms with van der Waals surface area (Å²) in [5.74, 6) is 0. The van der Waals surface area contributed by atoms with Crippen LogP contribution in [0.5, 0.6) is 0 Å². The van der Waals surface area contributed by atoms with Crippen molar-refractivity contribution in [3.8, 4) is 0 Å². The zero-order valence-electron chi connectivity index (χ0n) is 13.1. The van der Waals surface area contributed by atoms with Gasteiger partial charge in [-0.05, 0) is 44.9 Å². The molecule has 0 aliphatic heterocycles. The van der Waals surface area contributed by atoms with Crippen LogP contribution < -0.4 is 0 Å². The Kier molecular flexibility index (Phi) is 2.68. The molecule has 6 aromatic rings. The molecule has 118 valence electrons. The molecule has 0 aliphatic rings. The van der Waals surface area contributed by atoms with Crippen molar-refractivity contribution < 1.29 is 0 Å². The number of para-hydroxylation sites is 1. The number of nitrogens with zero attached hydrogens (tertiary/aromatic N) is 1. The Morgan fingerprint density at radius 3 is 2.16 bits per heavy atom. The monoisotopic (exact) mass is 447 g/mol. The molecule has 0 saturated heterocycles. The van der Waals surface area contributed by atoms with Gasteiger partial charge in [-0.25, -0.2) is 0 Å². The summed E-state index contributed by atoms with van der Waals surface area (Å²) >= 11 is 7.60. The molecule has 0 atom stereocenters. The summed E-state index contributed by atoms with van der Waals surface area (Å²) in [5.41, 5.74) is 3.77. The van der Waals surface area contributed by atoms with E-state index in [0.717, 1.165) is 8.95 Å². The maximum absolute atomic E-state index is 3.81. The molecule has 1 nitrogen and oxygen atoms in total. The van der Waals surface area contributed by atoms with Crippen LogP contribution in [-0.2, 0) is 0 Å². The first-order chi connectivity index (χ1) is 12.3. The molecule has 2 aromatic heterocycles. The summed E-state index contributed by atoms with van der Waals surface area (Å²) in [7, 11) is 0. The molecule has 3 heteroatoms. The Morgan fingerprint density at radius 2 is 1.28 bits per heavy atom. The minimum atomic E-state index is 1.12. The van der Waals surface area contributed by atoms with Gasteiger partial charge in [0.05, 0.1) is 16.6 Å². The third-order valence-corrected chi connectivity index (χ3v) is 6.54. The number of hydrogen-bond acceptors (Lipinski definition) is 0. The van der Waals surface area contributed by atoms with Gasteiger partial charge in [-0.3, -0.25) is 0 Å². The zero-order chi connectivity index (χ0) is 16.7. The first-order valence-electron chi connectivity index (χ1n) is 8.19. The minimum Gasteiger partial charge on any atom is -0.307 e. The van der Waals surface area contributed by atoms with Crippen molar-refractivity contribution >= 4 is 80.7 Å². The molecule has 0 aliphatic carbocycles. The lowest BCUT2D eigenvalue weighted by atomic mass is 9.99. The van der Waals surface area contributed by atoms with Crippen LogP contribution in [0.15, 0.2) is 75.7 Å². The van der Waals surface area contributed by atoms with E-state index in [1.54, 1.807) is 0 Å². The molecule has 2 heterocycles. The number of aromatic nitrogens is 1. The average Bonchev–Trinajstić information content (AvgIpc) is 2.97. The molecule has 6 rings (SSSR count). The molecule has 0 saturated carbocycles. The fourth-order valence-electron chi connectivity index (χ4n) is 4.30. The Balaban J connectivity index is 2.17. The van der Waals surface area contributed by atoms with Crippen LogP contribution in [0.4, 0.5) is 0 Å². The second-order valence-corrected chi connectivity index (χ2v) is 8.18. The normalized spacial score (nSPS) is 12.4. The number of benzene rings is 4. The van der Waals surface area contributed by atoms with E-state index in [-0.39, 0.29) is 0 Å². The molecule has 0 N–H and O–H groups in total. The third-order valence-electron chi connectivity index (χ3n) is 5.24. The van der Waals surface area contributed by atoms with Crippen molar-refractivity contribution in [2.24, 2.45) is 0 Å². The highest BCUT2D eigenvalue weighted by Crippen LogP contribution is 2.44. The summed E-state index contributed by atoms with van der Waals surface area (Å²) in [6.45, 7) is 0. The summed E-state index contributed by atoms with van der Waals surface area (Å²) < 4.78 is 4.69. The highest BCUT2D eigenvalue weighted by atomic mass is 79.9. The number of halogens is 2. The Morgan fingerprint density at radius 1 is 0.560 bits per heavy atom. The maximum Gasteiger partial charge on any atom is 0.0683 e. The zero-order valence-corrected chi connectivity index (χ0v) is 16.2. The fourth-order valence-corrected chi connectivity index (χ4v) is 5.38. The lowest BCUT2D eigenvalue weighted by Gasteiger charge is -2.14.